The second-order valence-electron chi connectivity index (χ2n) is 2.75. The molecule has 0 fully saturated rings. The fraction of sp³-hybridized carbons (Fsp3) is 0.200. The van der Waals surface area contributed by atoms with Crippen molar-refractivity contribution in [1.29, 1.82) is 0 Å². The first-order valence-corrected chi connectivity index (χ1v) is 5.43. The van der Waals surface area contributed by atoms with Crippen molar-refractivity contribution in [3.63, 3.8) is 0 Å². The van der Waals surface area contributed by atoms with Gasteiger partial charge in [0.25, 0.3) is 0 Å². The molecule has 1 aromatic carbocycles. The molecule has 0 radical (unpaired) electrons. The summed E-state index contributed by atoms with van der Waals surface area (Å²) in [6.07, 6.45) is 5.41. The van der Waals surface area contributed by atoms with Crippen LogP contribution in [0.3, 0.4) is 0 Å². The van der Waals surface area contributed by atoms with Crippen LogP contribution in [0.5, 0.6) is 0 Å². The molecule has 0 aromatic heterocycles. The molecular weight excluding hydrogens is 278 g/mol. The Morgan fingerprint density at radius 3 is 1.67 bits per heavy atom. The van der Waals surface area contributed by atoms with Gasteiger partial charge >= 0.3 is 0 Å². The van der Waals surface area contributed by atoms with Crippen molar-refractivity contribution in [3.05, 3.63) is 31.2 Å². The van der Waals surface area contributed by atoms with Gasteiger partial charge in [-0.15, -0.1) is 12.3 Å². The molecule has 0 atom stereocenters. The van der Waals surface area contributed by atoms with Crippen molar-refractivity contribution in [2.45, 2.75) is 13.0 Å². The maximum Gasteiger partial charge on any atom is 0.0712 e. The van der Waals surface area contributed by atoms with E-state index in [1.54, 1.807) is 0 Å². The summed E-state index contributed by atoms with van der Waals surface area (Å²) >= 11 is 23.7. The Bertz CT molecular complexity index is 405. The highest BCUT2D eigenvalue weighted by Gasteiger charge is 2.18. The lowest BCUT2D eigenvalue weighted by atomic mass is 10.1. The quantitative estimate of drug-likeness (QED) is 0.643. The van der Waals surface area contributed by atoms with E-state index in [9.17, 15) is 0 Å². The zero-order chi connectivity index (χ0) is 11.6. The molecule has 1 N–H and O–H groups in total. The molecule has 0 amide bonds. The smallest absolute Gasteiger partial charge is 0.0712 e. The van der Waals surface area contributed by atoms with E-state index in [1.807, 2.05) is 0 Å². The zero-order valence-electron chi connectivity index (χ0n) is 7.45. The summed E-state index contributed by atoms with van der Waals surface area (Å²) in [5, 5.41) is 9.92. The van der Waals surface area contributed by atoms with Gasteiger partial charge in [0.2, 0.25) is 0 Å². The Balaban J connectivity index is 3.53. The summed E-state index contributed by atoms with van der Waals surface area (Å²) in [5.74, 6) is 2.41. The fourth-order valence-electron chi connectivity index (χ4n) is 1.12. The molecule has 0 saturated heterocycles. The van der Waals surface area contributed by atoms with Gasteiger partial charge in [-0.05, 0) is 0 Å². The van der Waals surface area contributed by atoms with Crippen LogP contribution in [0.25, 0.3) is 0 Å². The van der Waals surface area contributed by atoms with Crippen molar-refractivity contribution in [1.82, 2.24) is 0 Å². The van der Waals surface area contributed by atoms with Gasteiger partial charge < -0.3 is 5.11 Å². The first-order valence-electron chi connectivity index (χ1n) is 3.92. The number of benzene rings is 1. The van der Waals surface area contributed by atoms with Crippen LogP contribution < -0.4 is 0 Å². The van der Waals surface area contributed by atoms with Gasteiger partial charge in [-0.1, -0.05) is 46.4 Å². The van der Waals surface area contributed by atoms with Crippen molar-refractivity contribution < 1.29 is 5.11 Å². The van der Waals surface area contributed by atoms with Crippen LogP contribution in [-0.2, 0) is 13.0 Å². The Labute approximate surface area is 108 Å². The number of aliphatic hydroxyl groups excluding tert-OH is 1. The number of terminal acetylenes is 1. The van der Waals surface area contributed by atoms with E-state index in [1.165, 1.54) is 0 Å². The van der Waals surface area contributed by atoms with Crippen LogP contribution in [-0.4, -0.2) is 5.11 Å². The van der Waals surface area contributed by atoms with Crippen LogP contribution in [0.1, 0.15) is 11.1 Å². The van der Waals surface area contributed by atoms with Gasteiger partial charge in [-0.2, -0.15) is 0 Å². The van der Waals surface area contributed by atoms with E-state index in [-0.39, 0.29) is 33.1 Å². The van der Waals surface area contributed by atoms with E-state index in [0.717, 1.165) is 0 Å². The predicted octanol–water partition coefficient (Wildman–Crippen LogP) is 3.97. The van der Waals surface area contributed by atoms with Crippen LogP contribution >= 0.6 is 46.4 Å². The molecule has 1 nitrogen and oxygen atoms in total. The van der Waals surface area contributed by atoms with Gasteiger partial charge in [0.15, 0.2) is 0 Å². The topological polar surface area (TPSA) is 20.2 Å². The third-order valence-electron chi connectivity index (χ3n) is 1.88. The van der Waals surface area contributed by atoms with Crippen molar-refractivity contribution in [2.75, 3.05) is 0 Å². The SMILES string of the molecule is C#CCc1c(Cl)c(Cl)c(CO)c(Cl)c1Cl. The maximum atomic E-state index is 9.04. The summed E-state index contributed by atoms with van der Waals surface area (Å²) < 4.78 is 0. The second kappa shape index (κ2) is 5.30. The van der Waals surface area contributed by atoms with Gasteiger partial charge in [-0.25, -0.2) is 0 Å². The van der Waals surface area contributed by atoms with Gasteiger partial charge in [0, 0.05) is 17.5 Å². The molecule has 5 heteroatoms. The molecule has 0 heterocycles. The molecule has 0 bridgehead atoms. The molecule has 0 aliphatic rings. The van der Waals surface area contributed by atoms with Gasteiger partial charge in [0.1, 0.15) is 0 Å². The monoisotopic (exact) mass is 282 g/mol. The lowest BCUT2D eigenvalue weighted by molar-refractivity contribution is 0.282. The summed E-state index contributed by atoms with van der Waals surface area (Å²) in [5.41, 5.74) is 0.821. The number of rotatable bonds is 2. The molecule has 0 aliphatic carbocycles. The third kappa shape index (κ3) is 2.36. The van der Waals surface area contributed by atoms with Crippen LogP contribution in [0.4, 0.5) is 0 Å². The van der Waals surface area contributed by atoms with E-state index < -0.39 is 0 Å². The largest absolute Gasteiger partial charge is 0.392 e. The number of hydrogen-bond acceptors (Lipinski definition) is 1. The predicted molar refractivity (Wildman–Crippen MR) is 64.9 cm³/mol. The normalized spacial score (nSPS) is 10.1. The van der Waals surface area contributed by atoms with Crippen molar-refractivity contribution in [2.24, 2.45) is 0 Å². The zero-order valence-corrected chi connectivity index (χ0v) is 10.5. The Morgan fingerprint density at radius 1 is 0.933 bits per heavy atom. The van der Waals surface area contributed by atoms with Crippen LogP contribution in [0, 0.1) is 12.3 Å². The average Bonchev–Trinajstić information content (AvgIpc) is 2.23. The fourth-order valence-corrected chi connectivity index (χ4v) is 2.30. The minimum Gasteiger partial charge on any atom is -0.392 e. The first kappa shape index (κ1) is 13.0. The number of hydrogen-bond donors (Lipinski definition) is 1. The average molecular weight is 284 g/mol. The third-order valence-corrected chi connectivity index (χ3v) is 3.74. The number of aliphatic hydroxyl groups is 1. The van der Waals surface area contributed by atoms with E-state index >= 15 is 0 Å². The van der Waals surface area contributed by atoms with Crippen LogP contribution in [0.15, 0.2) is 0 Å². The molecule has 1 aromatic rings. The Morgan fingerprint density at radius 2 is 1.33 bits per heavy atom. The van der Waals surface area contributed by atoms with E-state index in [0.29, 0.717) is 11.1 Å². The van der Waals surface area contributed by atoms with Crippen LogP contribution in [0.2, 0.25) is 20.1 Å². The molecule has 0 saturated carbocycles. The second-order valence-corrected chi connectivity index (χ2v) is 4.26. The molecule has 80 valence electrons. The minimum absolute atomic E-state index is 0.193. The molecule has 0 spiro atoms. The van der Waals surface area contributed by atoms with Crippen molar-refractivity contribution >= 4 is 46.4 Å². The molecule has 0 aliphatic heterocycles. The van der Waals surface area contributed by atoms with Crippen molar-refractivity contribution in [3.8, 4) is 12.3 Å². The molecule has 15 heavy (non-hydrogen) atoms. The highest BCUT2D eigenvalue weighted by molar-refractivity contribution is 6.48. The molecule has 1 rings (SSSR count). The standard InChI is InChI=1S/C10H6Cl4O/c1-2-3-5-7(11)9(13)6(4-15)10(14)8(5)12/h1,15H,3-4H2. The Kier molecular flexibility index (Phi) is 4.58. The number of halogens is 4. The Hall–Kier alpha value is -0.100. The molecule has 0 unspecified atom stereocenters. The van der Waals surface area contributed by atoms with E-state index in [2.05, 4.69) is 5.92 Å². The lowest BCUT2D eigenvalue weighted by Crippen LogP contribution is -1.95. The summed E-state index contributed by atoms with van der Waals surface area (Å²) in [7, 11) is 0. The highest BCUT2D eigenvalue weighted by Crippen LogP contribution is 2.41. The summed E-state index contributed by atoms with van der Waals surface area (Å²) in [4.78, 5) is 0. The highest BCUT2D eigenvalue weighted by atomic mass is 35.5. The molecular formula is C10H6Cl4O. The summed E-state index contributed by atoms with van der Waals surface area (Å²) in [6, 6.07) is 0. The first-order chi connectivity index (χ1) is 7.04. The van der Waals surface area contributed by atoms with Gasteiger partial charge in [-0.3, -0.25) is 0 Å². The van der Waals surface area contributed by atoms with E-state index in [4.69, 9.17) is 57.9 Å². The summed E-state index contributed by atoms with van der Waals surface area (Å²) in [6.45, 7) is -0.326. The lowest BCUT2D eigenvalue weighted by Gasteiger charge is -2.12. The maximum absolute atomic E-state index is 9.04. The van der Waals surface area contributed by atoms with Gasteiger partial charge in [0.05, 0.1) is 26.7 Å². The minimum atomic E-state index is -0.326.